The number of rotatable bonds is 5. The van der Waals surface area contributed by atoms with Crippen molar-refractivity contribution in [3.8, 4) is 43.8 Å². The summed E-state index contributed by atoms with van der Waals surface area (Å²) in [6.07, 6.45) is 1.83. The van der Waals surface area contributed by atoms with E-state index in [4.69, 9.17) is 9.97 Å². The summed E-state index contributed by atoms with van der Waals surface area (Å²) < 4.78 is 2.16. The summed E-state index contributed by atoms with van der Waals surface area (Å²) in [5, 5.41) is 23.3. The zero-order chi connectivity index (χ0) is 29.8. The van der Waals surface area contributed by atoms with E-state index in [2.05, 4.69) is 65.8 Å². The molecule has 0 unspecified atom stereocenters. The molecule has 0 amide bonds. The molecule has 43 heavy (non-hydrogen) atoms. The molecule has 4 nitrogen and oxygen atoms in total. The monoisotopic (exact) mass is 787 g/mol. The van der Waals surface area contributed by atoms with Crippen LogP contribution >= 0.6 is 22.7 Å². The molecule has 0 fully saturated rings. The number of phenols is 2. The van der Waals surface area contributed by atoms with Gasteiger partial charge in [0.25, 0.3) is 0 Å². The molecule has 2 aromatic heterocycles. The van der Waals surface area contributed by atoms with Crippen LogP contribution < -0.4 is 0 Å². The van der Waals surface area contributed by atoms with Crippen LogP contribution in [-0.2, 0) is 33.9 Å². The zero-order valence-electron chi connectivity index (χ0n) is 25.3. The van der Waals surface area contributed by atoms with E-state index < -0.39 is 0 Å². The van der Waals surface area contributed by atoms with Gasteiger partial charge in [-0.2, -0.15) is 0 Å². The van der Waals surface area contributed by atoms with Crippen molar-refractivity contribution < 1.29 is 31.3 Å². The molecule has 0 spiro atoms. The zero-order valence-corrected chi connectivity index (χ0v) is 29.2. The number of thiazole rings is 2. The molecule has 0 aliphatic carbocycles. The molecule has 2 N–H and O–H groups in total. The van der Waals surface area contributed by atoms with E-state index in [1.54, 1.807) is 34.8 Å². The number of fused-ring (bicyclic) bond motifs is 2. The van der Waals surface area contributed by atoms with Gasteiger partial charge in [-0.1, -0.05) is 77.9 Å². The van der Waals surface area contributed by atoms with Gasteiger partial charge < -0.3 is 10.2 Å². The Kier molecular flexibility index (Phi) is 8.61. The average molecular weight is 788 g/mol. The van der Waals surface area contributed by atoms with E-state index in [0.29, 0.717) is 0 Å². The van der Waals surface area contributed by atoms with Crippen molar-refractivity contribution in [3.05, 3.63) is 83.9 Å². The second-order valence-corrected chi connectivity index (χ2v) is 15.6. The maximum absolute atomic E-state index is 10.8. The number of para-hydroxylation sites is 2. The molecule has 4 aromatic carbocycles. The Morgan fingerprint density at radius 3 is 1.28 bits per heavy atom. The fourth-order valence-corrected chi connectivity index (χ4v) is 7.73. The minimum atomic E-state index is 0. The second kappa shape index (κ2) is 11.8. The Labute approximate surface area is 275 Å². The Hall–Kier alpha value is -3.05. The normalized spacial score (nSPS) is 12.1. The quantitative estimate of drug-likeness (QED) is 0.183. The minimum Gasteiger partial charge on any atom is -0.507 e. The maximum atomic E-state index is 10.8. The molecule has 0 bridgehead atoms. The Morgan fingerprint density at radius 1 is 0.558 bits per heavy atom. The first-order chi connectivity index (χ1) is 19.8. The van der Waals surface area contributed by atoms with Crippen LogP contribution in [0.1, 0.15) is 52.7 Å². The largest absolute Gasteiger partial charge is 0.507 e. The topological polar surface area (TPSA) is 66.2 Å². The molecule has 2 heterocycles. The van der Waals surface area contributed by atoms with E-state index in [-0.39, 0.29) is 43.4 Å². The third-order valence-electron chi connectivity index (χ3n) is 7.15. The number of nitrogens with zero attached hydrogens (tertiary/aromatic N) is 2. The Morgan fingerprint density at radius 2 is 0.930 bits per heavy atom. The van der Waals surface area contributed by atoms with Crippen molar-refractivity contribution >= 4 is 43.1 Å². The first kappa shape index (κ1) is 31.4. The minimum absolute atomic E-state index is 0. The first-order valence-electron chi connectivity index (χ1n) is 14.3. The van der Waals surface area contributed by atoms with Crippen LogP contribution in [0.3, 0.4) is 0 Å². The summed E-state index contributed by atoms with van der Waals surface area (Å²) in [7, 11) is 0. The third-order valence-corrected chi connectivity index (χ3v) is 9.30. The van der Waals surface area contributed by atoms with Crippen LogP contribution in [0.5, 0.6) is 11.5 Å². The van der Waals surface area contributed by atoms with Gasteiger partial charge in [-0.25, -0.2) is 9.97 Å². The molecule has 0 saturated carbocycles. The molecule has 0 radical (unpaired) electrons. The molecule has 0 aliphatic heterocycles. The average Bonchev–Trinajstić information content (AvgIpc) is 3.51. The smallest absolute Gasteiger partial charge is 0.153 e. The van der Waals surface area contributed by atoms with Crippen molar-refractivity contribution in [3.63, 3.8) is 0 Å². The van der Waals surface area contributed by atoms with Gasteiger partial charge in [-0.05, 0) is 71.2 Å². The van der Waals surface area contributed by atoms with E-state index in [0.717, 1.165) is 65.5 Å². The molecule has 6 rings (SSSR count). The number of phenolic OH excluding ortho intramolecular Hbond substituents is 2. The number of benzene rings is 4. The Balaban J connectivity index is 0.00000368. The first-order valence-corrected chi connectivity index (χ1v) is 15.9. The van der Waals surface area contributed by atoms with Crippen molar-refractivity contribution in [2.75, 3.05) is 0 Å². The predicted octanol–water partition coefficient (Wildman–Crippen LogP) is 10.5. The van der Waals surface area contributed by atoms with Gasteiger partial charge in [0, 0.05) is 43.3 Å². The van der Waals surface area contributed by atoms with Crippen molar-refractivity contribution in [2.45, 2.75) is 54.4 Å². The summed E-state index contributed by atoms with van der Waals surface area (Å²) in [6.45, 7) is 13.5. The van der Waals surface area contributed by atoms with Gasteiger partial charge in [0.1, 0.15) is 11.5 Å². The summed E-state index contributed by atoms with van der Waals surface area (Å²) in [4.78, 5) is 10.3. The molecule has 224 valence electrons. The SMILES string of the molecule is CC(C)(C)Cc1cc(-c2ccccc2O)c2nc(-c3nc4c(-c5ccccc5O)cc(CC(C)(C)C)cc4s3)sc2c1.[Pt]. The molecule has 0 saturated heterocycles. The summed E-state index contributed by atoms with van der Waals surface area (Å²) in [5.74, 6) is 0.500. The number of aromatic nitrogens is 2. The standard InChI is InChI=1S/C36H36N2O2S2.Pt/c1-35(2,3)19-21-15-25(23-11-7-9-13-27(23)39)31-29(17-21)41-33(37-31)34-38-32-26(24-12-8-10-14-28(24)40)16-22(18-30(32)42-34)20-36(4,5)6;/h7-18,39-40H,19-20H2,1-6H3;. The van der Waals surface area contributed by atoms with Crippen LogP contribution in [0.15, 0.2) is 72.8 Å². The van der Waals surface area contributed by atoms with E-state index in [1.807, 2.05) is 36.4 Å². The van der Waals surface area contributed by atoms with E-state index >= 15 is 0 Å². The molecular weight excluding hydrogens is 752 g/mol. The fraction of sp³-hybridized carbons (Fsp3) is 0.278. The van der Waals surface area contributed by atoms with Crippen LogP contribution in [0, 0.1) is 10.8 Å². The Bertz CT molecular complexity index is 1800. The molecule has 0 atom stereocenters. The van der Waals surface area contributed by atoms with Gasteiger partial charge in [-0.3, -0.25) is 0 Å². The number of hydrogen-bond donors (Lipinski definition) is 2. The maximum Gasteiger partial charge on any atom is 0.153 e. The van der Waals surface area contributed by atoms with Crippen LogP contribution in [0.2, 0.25) is 0 Å². The van der Waals surface area contributed by atoms with Crippen molar-refractivity contribution in [1.82, 2.24) is 9.97 Å². The molecular formula is C36H36N2O2PtS2. The van der Waals surface area contributed by atoms with Crippen LogP contribution in [-0.4, -0.2) is 20.2 Å². The number of hydrogen-bond acceptors (Lipinski definition) is 6. The van der Waals surface area contributed by atoms with Crippen molar-refractivity contribution in [1.29, 1.82) is 0 Å². The summed E-state index contributed by atoms with van der Waals surface area (Å²) in [6, 6.07) is 23.8. The van der Waals surface area contributed by atoms with E-state index in [1.165, 1.54) is 11.1 Å². The van der Waals surface area contributed by atoms with Gasteiger partial charge in [0.15, 0.2) is 10.0 Å². The van der Waals surface area contributed by atoms with Crippen LogP contribution in [0.4, 0.5) is 0 Å². The number of aromatic hydroxyl groups is 2. The molecule has 6 aromatic rings. The third kappa shape index (κ3) is 6.72. The van der Waals surface area contributed by atoms with Gasteiger partial charge in [0.05, 0.1) is 20.4 Å². The predicted molar refractivity (Wildman–Crippen MR) is 179 cm³/mol. The summed E-state index contributed by atoms with van der Waals surface area (Å²) >= 11 is 3.29. The molecule has 7 heteroatoms. The van der Waals surface area contributed by atoms with Gasteiger partial charge in [-0.15, -0.1) is 22.7 Å². The van der Waals surface area contributed by atoms with Gasteiger partial charge >= 0.3 is 0 Å². The van der Waals surface area contributed by atoms with Crippen LogP contribution in [0.25, 0.3) is 52.7 Å². The second-order valence-electron chi connectivity index (χ2n) is 13.5. The molecule has 0 aliphatic rings. The van der Waals surface area contributed by atoms with Gasteiger partial charge in [0.2, 0.25) is 0 Å². The fourth-order valence-electron chi connectivity index (χ4n) is 5.60. The van der Waals surface area contributed by atoms with E-state index in [9.17, 15) is 10.2 Å². The summed E-state index contributed by atoms with van der Waals surface area (Å²) in [5.41, 5.74) is 7.89. The van der Waals surface area contributed by atoms with Crippen molar-refractivity contribution in [2.24, 2.45) is 10.8 Å².